The minimum absolute atomic E-state index is 0.0660. The Balaban J connectivity index is 1.48. The molecule has 0 radical (unpaired) electrons. The second-order valence-electron chi connectivity index (χ2n) is 7.76. The van der Waals surface area contributed by atoms with Crippen molar-refractivity contribution in [3.8, 4) is 0 Å². The Kier molecular flexibility index (Phi) is 5.77. The monoisotopic (exact) mass is 386 g/mol. The molecule has 8 nitrogen and oxygen atoms in total. The second kappa shape index (κ2) is 8.45. The number of nitrogens with zero attached hydrogens (tertiary/aromatic N) is 5. The standard InChI is InChI=1S/C20H30N6O2/c1-3-26-14-17(15(2)23-26)13-24-6-4-5-16(12-24)18-11-19(27)22-20(21-18)25-7-9-28-10-8-25/h11,14,16H,3-10,12-13H2,1-2H3,(H,21,22,27)/t16-/m1/s1. The fourth-order valence-corrected chi connectivity index (χ4v) is 4.15. The number of hydrogen-bond donors (Lipinski definition) is 1. The number of aryl methyl sites for hydroxylation is 2. The van der Waals surface area contributed by atoms with Crippen LogP contribution >= 0.6 is 0 Å². The van der Waals surface area contributed by atoms with Crippen LogP contribution < -0.4 is 10.5 Å². The van der Waals surface area contributed by atoms with E-state index >= 15 is 0 Å². The lowest BCUT2D eigenvalue weighted by Gasteiger charge is -2.33. The van der Waals surface area contributed by atoms with Crippen LogP contribution in [0.25, 0.3) is 0 Å². The molecule has 0 saturated carbocycles. The van der Waals surface area contributed by atoms with E-state index in [2.05, 4.69) is 39.9 Å². The Bertz CT molecular complexity index is 855. The van der Waals surface area contributed by atoms with Crippen molar-refractivity contribution in [2.45, 2.75) is 45.7 Å². The molecule has 28 heavy (non-hydrogen) atoms. The van der Waals surface area contributed by atoms with Crippen LogP contribution in [0.4, 0.5) is 5.95 Å². The van der Waals surface area contributed by atoms with E-state index in [0.717, 1.165) is 63.5 Å². The summed E-state index contributed by atoms with van der Waals surface area (Å²) in [7, 11) is 0. The summed E-state index contributed by atoms with van der Waals surface area (Å²) in [6.07, 6.45) is 4.34. The maximum Gasteiger partial charge on any atom is 0.252 e. The highest BCUT2D eigenvalue weighted by Crippen LogP contribution is 2.27. The van der Waals surface area contributed by atoms with Gasteiger partial charge in [0, 0.05) is 56.5 Å². The predicted octanol–water partition coefficient (Wildman–Crippen LogP) is 1.51. The molecule has 1 N–H and O–H groups in total. The van der Waals surface area contributed by atoms with Crippen molar-refractivity contribution in [3.05, 3.63) is 39.6 Å². The Morgan fingerprint density at radius 2 is 2.11 bits per heavy atom. The van der Waals surface area contributed by atoms with Gasteiger partial charge in [0.05, 0.1) is 24.6 Å². The molecule has 2 saturated heterocycles. The van der Waals surface area contributed by atoms with Crippen LogP contribution in [-0.4, -0.2) is 64.0 Å². The third-order valence-corrected chi connectivity index (χ3v) is 5.75. The van der Waals surface area contributed by atoms with E-state index in [1.54, 1.807) is 6.07 Å². The maximum atomic E-state index is 12.3. The van der Waals surface area contributed by atoms with Crippen LogP contribution in [0.1, 0.15) is 42.6 Å². The van der Waals surface area contributed by atoms with E-state index in [0.29, 0.717) is 19.2 Å². The smallest absolute Gasteiger partial charge is 0.252 e. The Labute approximate surface area is 165 Å². The molecule has 4 rings (SSSR count). The van der Waals surface area contributed by atoms with E-state index < -0.39 is 0 Å². The number of piperidine rings is 1. The summed E-state index contributed by atoms with van der Waals surface area (Å²) in [6, 6.07) is 1.68. The van der Waals surface area contributed by atoms with Crippen molar-refractivity contribution in [1.82, 2.24) is 24.6 Å². The lowest BCUT2D eigenvalue weighted by molar-refractivity contribution is 0.122. The van der Waals surface area contributed by atoms with Crippen molar-refractivity contribution in [2.75, 3.05) is 44.3 Å². The van der Waals surface area contributed by atoms with Gasteiger partial charge < -0.3 is 9.64 Å². The SMILES string of the molecule is CCn1cc(CN2CCC[C@@H](c3cc(=O)[nH]c(N4CCOCC4)n3)C2)c(C)n1. The van der Waals surface area contributed by atoms with Gasteiger partial charge in [-0.3, -0.25) is 19.4 Å². The first kappa shape index (κ1) is 19.1. The van der Waals surface area contributed by atoms with Crippen molar-refractivity contribution in [2.24, 2.45) is 0 Å². The number of likely N-dealkylation sites (tertiary alicyclic amines) is 1. The zero-order chi connectivity index (χ0) is 19.5. The molecular weight excluding hydrogens is 356 g/mol. The van der Waals surface area contributed by atoms with E-state index in [1.165, 1.54) is 5.56 Å². The molecule has 152 valence electrons. The third kappa shape index (κ3) is 4.28. The zero-order valence-corrected chi connectivity index (χ0v) is 16.9. The average molecular weight is 387 g/mol. The predicted molar refractivity (Wildman–Crippen MR) is 108 cm³/mol. The van der Waals surface area contributed by atoms with Crippen LogP contribution in [-0.2, 0) is 17.8 Å². The molecule has 0 unspecified atom stereocenters. The summed E-state index contributed by atoms with van der Waals surface area (Å²) in [5, 5.41) is 4.56. The number of nitrogens with one attached hydrogen (secondary N) is 1. The van der Waals surface area contributed by atoms with Gasteiger partial charge in [-0.25, -0.2) is 4.98 Å². The molecule has 2 aromatic heterocycles. The summed E-state index contributed by atoms with van der Waals surface area (Å²) < 4.78 is 7.41. The van der Waals surface area contributed by atoms with Crippen molar-refractivity contribution in [3.63, 3.8) is 0 Å². The first-order valence-electron chi connectivity index (χ1n) is 10.3. The van der Waals surface area contributed by atoms with E-state index in [4.69, 9.17) is 9.72 Å². The molecule has 8 heteroatoms. The summed E-state index contributed by atoms with van der Waals surface area (Å²) in [5.74, 6) is 0.973. The van der Waals surface area contributed by atoms with Crippen LogP contribution in [0.2, 0.25) is 0 Å². The van der Waals surface area contributed by atoms with Crippen LogP contribution in [0.5, 0.6) is 0 Å². The van der Waals surface area contributed by atoms with E-state index in [9.17, 15) is 4.79 Å². The Morgan fingerprint density at radius 3 is 2.86 bits per heavy atom. The van der Waals surface area contributed by atoms with Gasteiger partial charge >= 0.3 is 0 Å². The minimum Gasteiger partial charge on any atom is -0.378 e. The lowest BCUT2D eigenvalue weighted by Crippen LogP contribution is -2.39. The van der Waals surface area contributed by atoms with Crippen LogP contribution in [0.15, 0.2) is 17.1 Å². The number of aromatic amines is 1. The van der Waals surface area contributed by atoms with Gasteiger partial charge in [-0.15, -0.1) is 0 Å². The molecule has 1 atom stereocenters. The lowest BCUT2D eigenvalue weighted by atomic mass is 9.94. The molecule has 0 aromatic carbocycles. The minimum atomic E-state index is -0.0660. The molecule has 4 heterocycles. The number of hydrogen-bond acceptors (Lipinski definition) is 6. The molecule has 0 aliphatic carbocycles. The second-order valence-corrected chi connectivity index (χ2v) is 7.76. The van der Waals surface area contributed by atoms with Gasteiger partial charge in [0.15, 0.2) is 0 Å². The van der Waals surface area contributed by atoms with Gasteiger partial charge in [-0.05, 0) is 33.2 Å². The van der Waals surface area contributed by atoms with Gasteiger partial charge in [-0.2, -0.15) is 5.10 Å². The van der Waals surface area contributed by atoms with Gasteiger partial charge in [0.1, 0.15) is 0 Å². The van der Waals surface area contributed by atoms with Gasteiger partial charge in [-0.1, -0.05) is 0 Å². The summed E-state index contributed by atoms with van der Waals surface area (Å²) >= 11 is 0. The van der Waals surface area contributed by atoms with E-state index in [1.807, 2.05) is 4.68 Å². The summed E-state index contributed by atoms with van der Waals surface area (Å²) in [4.78, 5) is 24.6. The average Bonchev–Trinajstić information content (AvgIpc) is 3.08. The van der Waals surface area contributed by atoms with Gasteiger partial charge in [0.25, 0.3) is 5.56 Å². The Hall–Kier alpha value is -2.19. The van der Waals surface area contributed by atoms with E-state index in [-0.39, 0.29) is 11.5 Å². The van der Waals surface area contributed by atoms with Crippen molar-refractivity contribution in [1.29, 1.82) is 0 Å². The third-order valence-electron chi connectivity index (χ3n) is 5.75. The van der Waals surface area contributed by atoms with Crippen LogP contribution in [0, 0.1) is 6.92 Å². The highest BCUT2D eigenvalue weighted by Gasteiger charge is 2.25. The van der Waals surface area contributed by atoms with Gasteiger partial charge in [0.2, 0.25) is 5.95 Å². The summed E-state index contributed by atoms with van der Waals surface area (Å²) in [5.41, 5.74) is 3.24. The number of morpholine rings is 1. The molecule has 2 fully saturated rings. The number of ether oxygens (including phenoxy) is 1. The highest BCUT2D eigenvalue weighted by molar-refractivity contribution is 5.31. The van der Waals surface area contributed by atoms with Crippen molar-refractivity contribution < 1.29 is 4.74 Å². The molecule has 0 spiro atoms. The highest BCUT2D eigenvalue weighted by atomic mass is 16.5. The quantitative estimate of drug-likeness (QED) is 0.839. The van der Waals surface area contributed by atoms with Crippen molar-refractivity contribution >= 4 is 5.95 Å². The first-order chi connectivity index (χ1) is 13.6. The molecule has 2 aromatic rings. The maximum absolute atomic E-state index is 12.3. The topological polar surface area (TPSA) is 79.3 Å². The molecule has 2 aliphatic heterocycles. The fourth-order valence-electron chi connectivity index (χ4n) is 4.15. The molecular formula is C20H30N6O2. The molecule has 2 aliphatic rings. The first-order valence-corrected chi connectivity index (χ1v) is 10.3. The fraction of sp³-hybridized carbons (Fsp3) is 0.650. The number of anilines is 1. The number of H-pyrrole nitrogens is 1. The largest absolute Gasteiger partial charge is 0.378 e. The van der Waals surface area contributed by atoms with Crippen LogP contribution in [0.3, 0.4) is 0 Å². The normalized spacial score (nSPS) is 21.2. The zero-order valence-electron chi connectivity index (χ0n) is 16.9. The summed E-state index contributed by atoms with van der Waals surface area (Å²) in [6.45, 7) is 10.9. The molecule has 0 amide bonds. The number of rotatable bonds is 5. The Morgan fingerprint density at radius 1 is 1.29 bits per heavy atom. The number of aromatic nitrogens is 4. The molecule has 0 bridgehead atoms.